The van der Waals surface area contributed by atoms with Crippen molar-refractivity contribution in [2.45, 2.75) is 34.6 Å². The monoisotopic (exact) mass is 354 g/mol. The van der Waals surface area contributed by atoms with Crippen molar-refractivity contribution < 1.29 is 14.4 Å². The molecule has 1 saturated heterocycles. The molecular weight excluding hydrogens is 320 g/mol. The van der Waals surface area contributed by atoms with Crippen LogP contribution in [0.2, 0.25) is 0 Å². The number of piperazine rings is 1. The number of amides is 3. The first-order valence-electron chi connectivity index (χ1n) is 9.42. The molecule has 0 aromatic heterocycles. The van der Waals surface area contributed by atoms with Crippen LogP contribution in [-0.2, 0) is 14.4 Å². The number of rotatable bonds is 10. The van der Waals surface area contributed by atoms with Gasteiger partial charge < -0.3 is 19.6 Å². The Labute approximate surface area is 151 Å². The lowest BCUT2D eigenvalue weighted by atomic mass is 10.2. The smallest absolute Gasteiger partial charge is 0.312 e. The fraction of sp³-hybridized carbons (Fsp3) is 0.833. The summed E-state index contributed by atoms with van der Waals surface area (Å²) >= 11 is 0. The van der Waals surface area contributed by atoms with Gasteiger partial charge in [0.05, 0.1) is 0 Å². The lowest BCUT2D eigenvalue weighted by Gasteiger charge is -2.34. The highest BCUT2D eigenvalue weighted by atomic mass is 16.2. The quantitative estimate of drug-likeness (QED) is 0.536. The summed E-state index contributed by atoms with van der Waals surface area (Å²) in [5.74, 6) is -0.781. The van der Waals surface area contributed by atoms with Crippen LogP contribution in [0.5, 0.6) is 0 Å². The summed E-state index contributed by atoms with van der Waals surface area (Å²) in [5.41, 5.74) is 0. The predicted octanol–water partition coefficient (Wildman–Crippen LogP) is 0.504. The fourth-order valence-corrected chi connectivity index (χ4v) is 2.99. The molecule has 0 bridgehead atoms. The minimum Gasteiger partial charge on any atom is -0.340 e. The second kappa shape index (κ2) is 10.4. The Morgan fingerprint density at radius 1 is 1.00 bits per heavy atom. The van der Waals surface area contributed by atoms with Crippen molar-refractivity contribution in [1.82, 2.24) is 19.6 Å². The molecule has 144 valence electrons. The Kier molecular flexibility index (Phi) is 8.89. The van der Waals surface area contributed by atoms with Gasteiger partial charge in [-0.25, -0.2) is 0 Å². The molecule has 0 radical (unpaired) electrons. The van der Waals surface area contributed by atoms with Crippen LogP contribution in [0.3, 0.4) is 0 Å². The van der Waals surface area contributed by atoms with E-state index in [1.54, 1.807) is 0 Å². The molecule has 0 N–H and O–H groups in total. The van der Waals surface area contributed by atoms with Gasteiger partial charge in [-0.2, -0.15) is 0 Å². The van der Waals surface area contributed by atoms with Crippen molar-refractivity contribution in [1.29, 1.82) is 0 Å². The Hall–Kier alpha value is -1.63. The van der Waals surface area contributed by atoms with E-state index in [0.29, 0.717) is 38.6 Å². The Morgan fingerprint density at radius 2 is 1.56 bits per heavy atom. The molecule has 0 aliphatic carbocycles. The Balaban J connectivity index is 2.68. The Morgan fingerprint density at radius 3 is 2.08 bits per heavy atom. The van der Waals surface area contributed by atoms with E-state index in [9.17, 15) is 14.4 Å². The number of likely N-dealkylation sites (N-methyl/N-ethyl adjacent to an activating group) is 2. The summed E-state index contributed by atoms with van der Waals surface area (Å²) in [5, 5.41) is 0. The summed E-state index contributed by atoms with van der Waals surface area (Å²) in [6, 6.07) is 0. The standard InChI is InChI=1S/C18H34N4O3/c1-6-19(7-2)9-10-21(13-15(4)5)16(23)14-22-12-11-20(8-3)17(24)18(22)25/h15H,6-14H2,1-5H3. The lowest BCUT2D eigenvalue weighted by molar-refractivity contribution is -0.157. The normalized spacial score (nSPS) is 15.5. The molecule has 0 spiro atoms. The molecule has 25 heavy (non-hydrogen) atoms. The van der Waals surface area contributed by atoms with Gasteiger partial charge >= 0.3 is 11.8 Å². The molecule has 7 nitrogen and oxygen atoms in total. The van der Waals surface area contributed by atoms with E-state index in [2.05, 4.69) is 32.6 Å². The Bertz CT molecular complexity index is 463. The third-order valence-electron chi connectivity index (χ3n) is 4.62. The van der Waals surface area contributed by atoms with Crippen LogP contribution >= 0.6 is 0 Å². The second-order valence-corrected chi connectivity index (χ2v) is 6.87. The van der Waals surface area contributed by atoms with Crippen LogP contribution < -0.4 is 0 Å². The SMILES string of the molecule is CCN(CC)CCN(CC(C)C)C(=O)CN1CCN(CC)C(=O)C1=O. The number of hydrogen-bond acceptors (Lipinski definition) is 4. The molecule has 1 heterocycles. The first-order chi connectivity index (χ1) is 11.8. The molecule has 0 aromatic rings. The van der Waals surface area contributed by atoms with Gasteiger partial charge in [-0.05, 0) is 25.9 Å². The molecule has 1 rings (SSSR count). The van der Waals surface area contributed by atoms with E-state index in [0.717, 1.165) is 19.6 Å². The van der Waals surface area contributed by atoms with E-state index in [1.165, 1.54) is 9.80 Å². The van der Waals surface area contributed by atoms with E-state index in [1.807, 2.05) is 11.8 Å². The van der Waals surface area contributed by atoms with E-state index >= 15 is 0 Å². The minimum atomic E-state index is -0.560. The average Bonchev–Trinajstić information content (AvgIpc) is 2.58. The van der Waals surface area contributed by atoms with E-state index < -0.39 is 11.8 Å². The summed E-state index contributed by atoms with van der Waals surface area (Å²) in [7, 11) is 0. The molecule has 3 amide bonds. The van der Waals surface area contributed by atoms with Crippen LogP contribution in [0.1, 0.15) is 34.6 Å². The number of hydrogen-bond donors (Lipinski definition) is 0. The summed E-state index contributed by atoms with van der Waals surface area (Å²) in [4.78, 5) is 43.9. The van der Waals surface area contributed by atoms with Crippen molar-refractivity contribution in [2.75, 3.05) is 58.9 Å². The molecule has 1 aliphatic rings. The van der Waals surface area contributed by atoms with Gasteiger partial charge in [0.15, 0.2) is 0 Å². The van der Waals surface area contributed by atoms with Gasteiger partial charge in [-0.1, -0.05) is 27.7 Å². The van der Waals surface area contributed by atoms with Crippen LogP contribution in [0.25, 0.3) is 0 Å². The highest BCUT2D eigenvalue weighted by molar-refractivity contribution is 6.35. The summed E-state index contributed by atoms with van der Waals surface area (Å²) in [6.45, 7) is 15.7. The van der Waals surface area contributed by atoms with Gasteiger partial charge in [-0.15, -0.1) is 0 Å². The molecule has 1 fully saturated rings. The van der Waals surface area contributed by atoms with Crippen LogP contribution in [0.4, 0.5) is 0 Å². The molecule has 0 atom stereocenters. The lowest BCUT2D eigenvalue weighted by Crippen LogP contribution is -2.56. The van der Waals surface area contributed by atoms with Crippen LogP contribution in [-0.4, -0.2) is 96.2 Å². The fourth-order valence-electron chi connectivity index (χ4n) is 2.99. The zero-order chi connectivity index (χ0) is 19.0. The molecular formula is C18H34N4O3. The van der Waals surface area contributed by atoms with Gasteiger partial charge in [0, 0.05) is 39.3 Å². The molecule has 1 aliphatic heterocycles. The van der Waals surface area contributed by atoms with Gasteiger partial charge in [0.1, 0.15) is 6.54 Å². The number of nitrogens with zero attached hydrogens (tertiary/aromatic N) is 4. The number of carbonyl (C=O) groups is 3. The average molecular weight is 354 g/mol. The highest BCUT2D eigenvalue weighted by Crippen LogP contribution is 2.07. The van der Waals surface area contributed by atoms with Gasteiger partial charge in [0.25, 0.3) is 0 Å². The molecule has 0 unspecified atom stereocenters. The first-order valence-corrected chi connectivity index (χ1v) is 9.42. The van der Waals surface area contributed by atoms with Crippen molar-refractivity contribution in [2.24, 2.45) is 5.92 Å². The molecule has 0 aromatic carbocycles. The minimum absolute atomic E-state index is 0.00685. The van der Waals surface area contributed by atoms with E-state index in [4.69, 9.17) is 0 Å². The van der Waals surface area contributed by atoms with Crippen molar-refractivity contribution in [3.63, 3.8) is 0 Å². The first kappa shape index (κ1) is 21.4. The van der Waals surface area contributed by atoms with Crippen molar-refractivity contribution in [3.8, 4) is 0 Å². The van der Waals surface area contributed by atoms with Crippen molar-refractivity contribution >= 4 is 17.7 Å². The van der Waals surface area contributed by atoms with Crippen molar-refractivity contribution in [3.05, 3.63) is 0 Å². The maximum absolute atomic E-state index is 12.7. The predicted molar refractivity (Wildman–Crippen MR) is 98.0 cm³/mol. The maximum Gasteiger partial charge on any atom is 0.312 e. The van der Waals surface area contributed by atoms with Crippen LogP contribution in [0, 0.1) is 5.92 Å². The van der Waals surface area contributed by atoms with Crippen LogP contribution in [0.15, 0.2) is 0 Å². The third-order valence-corrected chi connectivity index (χ3v) is 4.62. The molecule has 0 saturated carbocycles. The maximum atomic E-state index is 12.7. The molecule has 7 heteroatoms. The van der Waals surface area contributed by atoms with Gasteiger partial charge in [-0.3, -0.25) is 14.4 Å². The second-order valence-electron chi connectivity index (χ2n) is 6.87. The number of carbonyl (C=O) groups excluding carboxylic acids is 3. The topological polar surface area (TPSA) is 64.2 Å². The summed E-state index contributed by atoms with van der Waals surface area (Å²) in [6.07, 6.45) is 0. The zero-order valence-corrected chi connectivity index (χ0v) is 16.5. The summed E-state index contributed by atoms with van der Waals surface area (Å²) < 4.78 is 0. The third kappa shape index (κ3) is 6.30. The van der Waals surface area contributed by atoms with E-state index in [-0.39, 0.29) is 12.5 Å². The largest absolute Gasteiger partial charge is 0.340 e. The van der Waals surface area contributed by atoms with Gasteiger partial charge in [0.2, 0.25) is 5.91 Å². The highest BCUT2D eigenvalue weighted by Gasteiger charge is 2.33. The zero-order valence-electron chi connectivity index (χ0n) is 16.5.